The molecular formula is C14H27NO. The summed E-state index contributed by atoms with van der Waals surface area (Å²) in [7, 11) is 0. The second-order valence-corrected chi connectivity index (χ2v) is 6.88. The Labute approximate surface area is 100 Å². The highest BCUT2D eigenvalue weighted by Gasteiger charge is 2.41. The molecule has 1 heterocycles. The molecule has 1 saturated carbocycles. The minimum Gasteiger partial charge on any atom is -0.360 e. The van der Waals surface area contributed by atoms with Gasteiger partial charge in [0.15, 0.2) is 0 Å². The number of rotatable bonds is 1. The average Bonchev–Trinajstić information content (AvgIpc) is 2.24. The summed E-state index contributed by atoms with van der Waals surface area (Å²) in [6.45, 7) is 11.2. The fourth-order valence-electron chi connectivity index (χ4n) is 2.93. The zero-order chi connectivity index (χ0) is 11.8. The van der Waals surface area contributed by atoms with Crippen LogP contribution in [0.25, 0.3) is 0 Å². The number of hydrogen-bond donors (Lipinski definition) is 1. The van der Waals surface area contributed by atoms with Crippen molar-refractivity contribution in [1.29, 1.82) is 0 Å². The molecule has 2 nitrogen and oxygen atoms in total. The van der Waals surface area contributed by atoms with Crippen LogP contribution in [0.15, 0.2) is 0 Å². The van der Waals surface area contributed by atoms with Gasteiger partial charge in [0.2, 0.25) is 0 Å². The van der Waals surface area contributed by atoms with Crippen molar-refractivity contribution in [3.8, 4) is 0 Å². The van der Waals surface area contributed by atoms with Crippen LogP contribution in [0.4, 0.5) is 0 Å². The topological polar surface area (TPSA) is 21.3 Å². The molecule has 1 aliphatic carbocycles. The molecule has 16 heavy (non-hydrogen) atoms. The molecule has 2 heteroatoms. The molecule has 0 aromatic carbocycles. The van der Waals surface area contributed by atoms with Crippen molar-refractivity contribution in [3.05, 3.63) is 0 Å². The minimum absolute atomic E-state index is 0.0287. The molecule has 1 spiro atoms. The van der Waals surface area contributed by atoms with E-state index in [1.165, 1.54) is 25.7 Å². The summed E-state index contributed by atoms with van der Waals surface area (Å²) in [6.07, 6.45) is 5.05. The first-order chi connectivity index (χ1) is 7.43. The molecule has 0 amide bonds. The Kier molecular flexibility index (Phi) is 3.33. The van der Waals surface area contributed by atoms with E-state index < -0.39 is 0 Å². The van der Waals surface area contributed by atoms with Crippen LogP contribution in [-0.2, 0) is 4.74 Å². The maximum absolute atomic E-state index is 6.14. The van der Waals surface area contributed by atoms with Crippen LogP contribution in [0, 0.1) is 17.3 Å². The molecule has 0 aromatic rings. The summed E-state index contributed by atoms with van der Waals surface area (Å²) in [5, 5.41) is 3.66. The summed E-state index contributed by atoms with van der Waals surface area (Å²) < 4.78 is 6.14. The Bertz CT molecular complexity index is 227. The zero-order valence-corrected chi connectivity index (χ0v) is 11.3. The van der Waals surface area contributed by atoms with Crippen LogP contribution < -0.4 is 5.32 Å². The van der Waals surface area contributed by atoms with E-state index in [1.54, 1.807) is 0 Å². The summed E-state index contributed by atoms with van der Waals surface area (Å²) in [4.78, 5) is 0. The molecule has 94 valence electrons. The molecule has 0 bridgehead atoms. The Morgan fingerprint density at radius 1 is 1.19 bits per heavy atom. The zero-order valence-electron chi connectivity index (χ0n) is 11.3. The third-order valence-electron chi connectivity index (χ3n) is 4.41. The van der Waals surface area contributed by atoms with E-state index in [2.05, 4.69) is 33.0 Å². The van der Waals surface area contributed by atoms with Crippen LogP contribution in [0.1, 0.15) is 53.4 Å². The van der Waals surface area contributed by atoms with Crippen LogP contribution in [0.5, 0.6) is 0 Å². The van der Waals surface area contributed by atoms with Gasteiger partial charge in [-0.1, -0.05) is 27.7 Å². The van der Waals surface area contributed by atoms with Gasteiger partial charge in [0.1, 0.15) is 5.72 Å². The fraction of sp³-hybridized carbons (Fsp3) is 1.00. The second kappa shape index (κ2) is 4.30. The molecule has 1 aliphatic heterocycles. The molecule has 1 saturated heterocycles. The Morgan fingerprint density at radius 2 is 1.81 bits per heavy atom. The van der Waals surface area contributed by atoms with Gasteiger partial charge in [-0.3, -0.25) is 5.32 Å². The van der Waals surface area contributed by atoms with Gasteiger partial charge in [0, 0.05) is 12.0 Å². The maximum atomic E-state index is 6.14. The van der Waals surface area contributed by atoms with E-state index in [1.807, 2.05) is 0 Å². The van der Waals surface area contributed by atoms with E-state index in [4.69, 9.17) is 4.74 Å². The van der Waals surface area contributed by atoms with Crippen molar-refractivity contribution in [2.75, 3.05) is 13.2 Å². The Morgan fingerprint density at radius 3 is 2.25 bits per heavy atom. The van der Waals surface area contributed by atoms with Crippen molar-refractivity contribution in [2.45, 2.75) is 59.1 Å². The van der Waals surface area contributed by atoms with Gasteiger partial charge in [-0.15, -0.1) is 0 Å². The van der Waals surface area contributed by atoms with Crippen molar-refractivity contribution < 1.29 is 4.74 Å². The van der Waals surface area contributed by atoms with Gasteiger partial charge in [-0.05, 0) is 37.5 Å². The molecule has 2 fully saturated rings. The lowest BCUT2D eigenvalue weighted by Crippen LogP contribution is -2.59. The van der Waals surface area contributed by atoms with Gasteiger partial charge in [-0.25, -0.2) is 0 Å². The largest absolute Gasteiger partial charge is 0.360 e. The van der Waals surface area contributed by atoms with Gasteiger partial charge in [0.25, 0.3) is 0 Å². The van der Waals surface area contributed by atoms with Crippen molar-refractivity contribution >= 4 is 0 Å². The second-order valence-electron chi connectivity index (χ2n) is 6.88. The van der Waals surface area contributed by atoms with Crippen molar-refractivity contribution in [3.63, 3.8) is 0 Å². The molecule has 1 N–H and O–H groups in total. The summed E-state index contributed by atoms with van der Waals surface area (Å²) in [6, 6.07) is 0. The van der Waals surface area contributed by atoms with Crippen LogP contribution >= 0.6 is 0 Å². The van der Waals surface area contributed by atoms with Crippen LogP contribution in [-0.4, -0.2) is 18.9 Å². The molecule has 2 rings (SSSR count). The first-order valence-electron chi connectivity index (χ1n) is 6.82. The van der Waals surface area contributed by atoms with E-state index >= 15 is 0 Å². The smallest absolute Gasteiger partial charge is 0.119 e. The van der Waals surface area contributed by atoms with Crippen LogP contribution in [0.2, 0.25) is 0 Å². The van der Waals surface area contributed by atoms with Gasteiger partial charge < -0.3 is 4.74 Å². The highest BCUT2D eigenvalue weighted by Crippen LogP contribution is 2.39. The highest BCUT2D eigenvalue weighted by atomic mass is 16.5. The quantitative estimate of drug-likeness (QED) is 0.740. The van der Waals surface area contributed by atoms with Gasteiger partial charge in [0.05, 0.1) is 6.61 Å². The predicted molar refractivity (Wildman–Crippen MR) is 67.3 cm³/mol. The molecular weight excluding hydrogens is 198 g/mol. The Balaban J connectivity index is 1.89. The summed E-state index contributed by atoms with van der Waals surface area (Å²) >= 11 is 0. The lowest BCUT2D eigenvalue weighted by molar-refractivity contribution is -0.159. The van der Waals surface area contributed by atoms with Gasteiger partial charge in [-0.2, -0.15) is 0 Å². The third-order valence-corrected chi connectivity index (χ3v) is 4.41. The normalized spacial score (nSPS) is 39.2. The molecule has 0 aromatic heterocycles. The molecule has 0 radical (unpaired) electrons. The first kappa shape index (κ1) is 12.4. The number of hydrogen-bond acceptors (Lipinski definition) is 2. The number of ether oxygens (including phenoxy) is 1. The molecule has 2 aliphatic rings. The van der Waals surface area contributed by atoms with Crippen molar-refractivity contribution in [1.82, 2.24) is 5.32 Å². The van der Waals surface area contributed by atoms with Crippen LogP contribution in [0.3, 0.4) is 0 Å². The molecule has 0 unspecified atom stereocenters. The maximum Gasteiger partial charge on any atom is 0.119 e. The Hall–Kier alpha value is -0.0800. The van der Waals surface area contributed by atoms with E-state index in [-0.39, 0.29) is 5.72 Å². The van der Waals surface area contributed by atoms with Crippen molar-refractivity contribution in [2.24, 2.45) is 17.3 Å². The van der Waals surface area contributed by atoms with E-state index in [9.17, 15) is 0 Å². The predicted octanol–water partition coefficient (Wildman–Crippen LogP) is 3.17. The molecule has 0 atom stereocenters. The highest BCUT2D eigenvalue weighted by molar-refractivity contribution is 4.91. The minimum atomic E-state index is 0.0287. The lowest BCUT2D eigenvalue weighted by atomic mass is 9.76. The standard InChI is InChI=1S/C14H27NO/c1-11(2)12-5-7-14(8-6-12)15-9-13(3,4)10-16-14/h11-12,15H,5-10H2,1-4H3. The summed E-state index contributed by atoms with van der Waals surface area (Å²) in [5.74, 6) is 1.74. The van der Waals surface area contributed by atoms with E-state index in [0.29, 0.717) is 5.41 Å². The third kappa shape index (κ3) is 2.60. The SMILES string of the molecule is CC(C)C1CCC2(CC1)NCC(C)(C)CO2. The average molecular weight is 225 g/mol. The monoisotopic (exact) mass is 225 g/mol. The lowest BCUT2D eigenvalue weighted by Gasteiger charge is -2.48. The van der Waals surface area contributed by atoms with E-state index in [0.717, 1.165) is 25.0 Å². The first-order valence-corrected chi connectivity index (χ1v) is 6.82. The summed E-state index contributed by atoms with van der Waals surface area (Å²) in [5.41, 5.74) is 0.334. The number of nitrogens with one attached hydrogen (secondary N) is 1. The fourth-order valence-corrected chi connectivity index (χ4v) is 2.93. The van der Waals surface area contributed by atoms with Gasteiger partial charge >= 0.3 is 0 Å².